The summed E-state index contributed by atoms with van der Waals surface area (Å²) in [5.41, 5.74) is 0.757. The van der Waals surface area contributed by atoms with Gasteiger partial charge in [-0.15, -0.1) is 5.10 Å². The molecule has 1 amide bonds. The van der Waals surface area contributed by atoms with Crippen molar-refractivity contribution in [2.45, 2.75) is 0 Å². The second-order valence-electron chi connectivity index (χ2n) is 7.23. The van der Waals surface area contributed by atoms with E-state index in [0.717, 1.165) is 12.1 Å². The smallest absolute Gasteiger partial charge is 0.259 e. The van der Waals surface area contributed by atoms with E-state index < -0.39 is 28.9 Å². The van der Waals surface area contributed by atoms with E-state index in [1.165, 1.54) is 34.1 Å². The number of fused-ring (bicyclic) bond motifs is 1. The van der Waals surface area contributed by atoms with Crippen LogP contribution in [0.15, 0.2) is 48.8 Å². The molecule has 0 spiro atoms. The number of anilines is 1. The predicted octanol–water partition coefficient (Wildman–Crippen LogP) is 2.59. The first-order valence-corrected chi connectivity index (χ1v) is 9.83. The van der Waals surface area contributed by atoms with Crippen molar-refractivity contribution in [3.8, 4) is 5.69 Å². The third-order valence-electron chi connectivity index (χ3n) is 5.31. The monoisotopic (exact) mass is 439 g/mol. The van der Waals surface area contributed by atoms with E-state index in [0.29, 0.717) is 35.8 Å². The summed E-state index contributed by atoms with van der Waals surface area (Å²) in [4.78, 5) is 24.5. The largest absolute Gasteiger partial charge is 0.351 e. The van der Waals surface area contributed by atoms with Gasteiger partial charge in [0.1, 0.15) is 29.3 Å². The second kappa shape index (κ2) is 7.91. The third kappa shape index (κ3) is 3.41. The number of rotatable bonds is 3. The topological polar surface area (TPSA) is 80.0 Å². The Morgan fingerprint density at radius 2 is 1.62 bits per heavy atom. The van der Waals surface area contributed by atoms with Gasteiger partial charge in [-0.25, -0.2) is 23.1 Å². The summed E-state index contributed by atoms with van der Waals surface area (Å²) in [6.45, 7) is 1.24. The molecular weight excluding hydrogens is 423 g/mol. The van der Waals surface area contributed by atoms with Crippen LogP contribution < -0.4 is 4.90 Å². The van der Waals surface area contributed by atoms with Gasteiger partial charge in [-0.1, -0.05) is 17.3 Å². The summed E-state index contributed by atoms with van der Waals surface area (Å²) in [5, 5.41) is 8.26. The van der Waals surface area contributed by atoms with Crippen LogP contribution in [0.4, 0.5) is 19.0 Å². The zero-order valence-corrected chi connectivity index (χ0v) is 16.6. The van der Waals surface area contributed by atoms with E-state index in [1.807, 2.05) is 4.90 Å². The lowest BCUT2D eigenvalue weighted by Crippen LogP contribution is -2.49. The Hall–Kier alpha value is -4.02. The molecule has 1 aliphatic rings. The zero-order valence-electron chi connectivity index (χ0n) is 16.6. The molecule has 1 aliphatic heterocycles. The lowest BCUT2D eigenvalue weighted by atomic mass is 10.1. The van der Waals surface area contributed by atoms with Crippen LogP contribution in [0.25, 0.3) is 16.9 Å². The van der Waals surface area contributed by atoms with Crippen molar-refractivity contribution < 1.29 is 18.0 Å². The molecule has 11 heteroatoms. The molecule has 2 aromatic carbocycles. The minimum atomic E-state index is -0.885. The van der Waals surface area contributed by atoms with Crippen molar-refractivity contribution in [1.82, 2.24) is 29.9 Å². The Labute approximate surface area is 179 Å². The quantitative estimate of drug-likeness (QED) is 0.488. The fourth-order valence-corrected chi connectivity index (χ4v) is 3.73. The van der Waals surface area contributed by atoms with Crippen LogP contribution in [0.2, 0.25) is 0 Å². The number of hydrogen-bond acceptors (Lipinski definition) is 6. The lowest BCUT2D eigenvalue weighted by molar-refractivity contribution is 0.0736. The van der Waals surface area contributed by atoms with Crippen molar-refractivity contribution in [2.75, 3.05) is 31.1 Å². The maximum atomic E-state index is 14.0. The molecule has 3 heterocycles. The molecule has 4 aromatic rings. The van der Waals surface area contributed by atoms with Gasteiger partial charge >= 0.3 is 0 Å². The standard InChI is InChI=1S/C21H16F3N7O/c22-13-3-1-4-14(11-13)31-20-18(27-28-31)19(25-12-26-20)29-7-9-30(10-8-29)21(32)17-15(23)5-2-6-16(17)24/h1-6,11-12H,7-10H2. The Bertz CT molecular complexity index is 1300. The summed E-state index contributed by atoms with van der Waals surface area (Å²) < 4.78 is 43.0. The summed E-state index contributed by atoms with van der Waals surface area (Å²) in [6.07, 6.45) is 1.36. The van der Waals surface area contributed by atoms with Gasteiger partial charge in [-0.05, 0) is 30.3 Å². The molecule has 5 rings (SSSR count). The van der Waals surface area contributed by atoms with Crippen molar-refractivity contribution in [1.29, 1.82) is 0 Å². The summed E-state index contributed by atoms with van der Waals surface area (Å²) >= 11 is 0. The number of amides is 1. The first kappa shape index (κ1) is 19.9. The first-order valence-electron chi connectivity index (χ1n) is 9.83. The highest BCUT2D eigenvalue weighted by Crippen LogP contribution is 2.24. The highest BCUT2D eigenvalue weighted by Gasteiger charge is 2.28. The molecule has 162 valence electrons. The van der Waals surface area contributed by atoms with Crippen LogP contribution in [-0.4, -0.2) is 61.9 Å². The fourth-order valence-electron chi connectivity index (χ4n) is 3.73. The molecule has 32 heavy (non-hydrogen) atoms. The Kier molecular flexibility index (Phi) is 4.92. The number of carbonyl (C=O) groups is 1. The fraction of sp³-hybridized carbons (Fsp3) is 0.190. The Morgan fingerprint density at radius 3 is 2.34 bits per heavy atom. The minimum Gasteiger partial charge on any atom is -0.351 e. The van der Waals surface area contributed by atoms with Gasteiger partial charge in [0.05, 0.1) is 5.69 Å². The van der Waals surface area contributed by atoms with Crippen LogP contribution in [0.5, 0.6) is 0 Å². The Morgan fingerprint density at radius 1 is 0.906 bits per heavy atom. The highest BCUT2D eigenvalue weighted by molar-refractivity contribution is 5.95. The van der Waals surface area contributed by atoms with E-state index >= 15 is 0 Å². The van der Waals surface area contributed by atoms with E-state index in [4.69, 9.17) is 0 Å². The zero-order chi connectivity index (χ0) is 22.2. The number of carbonyl (C=O) groups excluding carboxylic acids is 1. The molecule has 0 N–H and O–H groups in total. The number of piperazine rings is 1. The van der Waals surface area contributed by atoms with Gasteiger partial charge < -0.3 is 9.80 Å². The number of hydrogen-bond donors (Lipinski definition) is 0. The molecule has 1 saturated heterocycles. The van der Waals surface area contributed by atoms with Crippen LogP contribution in [0.3, 0.4) is 0 Å². The van der Waals surface area contributed by atoms with Crippen LogP contribution >= 0.6 is 0 Å². The van der Waals surface area contributed by atoms with Crippen LogP contribution in [0.1, 0.15) is 10.4 Å². The van der Waals surface area contributed by atoms with Gasteiger partial charge in [0.15, 0.2) is 17.0 Å². The summed E-state index contributed by atoms with van der Waals surface area (Å²) in [7, 11) is 0. The van der Waals surface area contributed by atoms with E-state index in [1.54, 1.807) is 12.1 Å². The van der Waals surface area contributed by atoms with Gasteiger partial charge in [-0.3, -0.25) is 4.79 Å². The summed E-state index contributed by atoms with van der Waals surface area (Å²) in [6, 6.07) is 9.24. The molecule has 0 atom stereocenters. The number of nitrogens with zero attached hydrogens (tertiary/aromatic N) is 7. The molecule has 0 bridgehead atoms. The molecule has 0 saturated carbocycles. The van der Waals surface area contributed by atoms with Gasteiger partial charge in [0.2, 0.25) is 0 Å². The SMILES string of the molecule is O=C(c1c(F)cccc1F)N1CCN(c2ncnc3c2nnn3-c2cccc(F)c2)CC1. The van der Waals surface area contributed by atoms with Gasteiger partial charge in [0, 0.05) is 26.2 Å². The van der Waals surface area contributed by atoms with Gasteiger partial charge in [-0.2, -0.15) is 4.68 Å². The highest BCUT2D eigenvalue weighted by atomic mass is 19.1. The second-order valence-corrected chi connectivity index (χ2v) is 7.23. The van der Waals surface area contributed by atoms with Crippen molar-refractivity contribution in [3.63, 3.8) is 0 Å². The third-order valence-corrected chi connectivity index (χ3v) is 5.31. The van der Waals surface area contributed by atoms with Gasteiger partial charge in [0.25, 0.3) is 5.91 Å². The number of benzene rings is 2. The average Bonchev–Trinajstić information content (AvgIpc) is 3.23. The van der Waals surface area contributed by atoms with E-state index in [2.05, 4.69) is 20.3 Å². The van der Waals surface area contributed by atoms with E-state index in [9.17, 15) is 18.0 Å². The van der Waals surface area contributed by atoms with Crippen LogP contribution in [0, 0.1) is 17.5 Å². The maximum Gasteiger partial charge on any atom is 0.259 e. The van der Waals surface area contributed by atoms with Crippen LogP contribution in [-0.2, 0) is 0 Å². The Balaban J connectivity index is 1.38. The van der Waals surface area contributed by atoms with Crippen molar-refractivity contribution in [3.05, 3.63) is 71.8 Å². The molecule has 2 aromatic heterocycles. The molecule has 0 aliphatic carbocycles. The molecule has 0 radical (unpaired) electrons. The van der Waals surface area contributed by atoms with E-state index in [-0.39, 0.29) is 13.1 Å². The van der Waals surface area contributed by atoms with Crippen molar-refractivity contribution in [2.24, 2.45) is 0 Å². The first-order chi connectivity index (χ1) is 15.5. The summed E-state index contributed by atoms with van der Waals surface area (Å²) in [5.74, 6) is -2.35. The predicted molar refractivity (Wildman–Crippen MR) is 109 cm³/mol. The molecular formula is C21H16F3N7O. The van der Waals surface area contributed by atoms with Crippen molar-refractivity contribution >= 4 is 22.9 Å². The average molecular weight is 439 g/mol. The molecule has 0 unspecified atom stereocenters. The molecule has 8 nitrogen and oxygen atoms in total. The number of aromatic nitrogens is 5. The minimum absolute atomic E-state index is 0.246. The lowest BCUT2D eigenvalue weighted by Gasteiger charge is -2.35. The normalized spacial score (nSPS) is 14.2. The maximum absolute atomic E-state index is 14.0. The molecule has 1 fully saturated rings. The number of halogens is 3.